The van der Waals surface area contributed by atoms with Crippen LogP contribution >= 0.6 is 24.0 Å². The molecule has 28 heavy (non-hydrogen) atoms. The number of ether oxygens (including phenoxy) is 1. The van der Waals surface area contributed by atoms with Crippen LogP contribution in [0.5, 0.6) is 0 Å². The molecule has 1 heterocycles. The van der Waals surface area contributed by atoms with Gasteiger partial charge in [0.05, 0.1) is 13.2 Å². The summed E-state index contributed by atoms with van der Waals surface area (Å²) in [6.45, 7) is 17.0. The van der Waals surface area contributed by atoms with E-state index in [-0.39, 0.29) is 24.0 Å². The van der Waals surface area contributed by atoms with Crippen LogP contribution in [0.2, 0.25) is 0 Å². The molecule has 1 aliphatic rings. The van der Waals surface area contributed by atoms with Crippen molar-refractivity contribution in [2.75, 3.05) is 59.0 Å². The molecule has 6 nitrogen and oxygen atoms in total. The number of hydrogen-bond acceptors (Lipinski definition) is 4. The summed E-state index contributed by atoms with van der Waals surface area (Å²) in [4.78, 5) is 9.73. The van der Waals surface area contributed by atoms with Crippen LogP contribution in [0.4, 0.5) is 0 Å². The lowest BCUT2D eigenvalue weighted by atomic mass is 10.1. The van der Waals surface area contributed by atoms with E-state index < -0.39 is 0 Å². The second-order valence-corrected chi connectivity index (χ2v) is 6.85. The number of likely N-dealkylation sites (N-methyl/N-ethyl adjacent to an activating group) is 1. The highest BCUT2D eigenvalue weighted by Crippen LogP contribution is 2.11. The molecule has 1 aromatic rings. The van der Waals surface area contributed by atoms with E-state index in [1.54, 1.807) is 0 Å². The molecular formula is C21H38IN5O. The molecule has 7 heteroatoms. The quantitative estimate of drug-likeness (QED) is 0.223. The Morgan fingerprint density at radius 1 is 0.964 bits per heavy atom. The predicted octanol–water partition coefficient (Wildman–Crippen LogP) is 2.53. The molecule has 0 amide bonds. The largest absolute Gasteiger partial charge is 0.380 e. The summed E-state index contributed by atoms with van der Waals surface area (Å²) in [5.74, 6) is 0.843. The van der Waals surface area contributed by atoms with E-state index in [1.165, 1.54) is 43.9 Å². The van der Waals surface area contributed by atoms with Crippen molar-refractivity contribution in [3.8, 4) is 0 Å². The zero-order valence-electron chi connectivity index (χ0n) is 17.7. The molecule has 0 saturated carbocycles. The Kier molecular flexibility index (Phi) is 13.5. The van der Waals surface area contributed by atoms with Crippen LogP contribution in [0.15, 0.2) is 29.3 Å². The fourth-order valence-electron chi connectivity index (χ4n) is 3.17. The van der Waals surface area contributed by atoms with E-state index in [0.717, 1.165) is 32.2 Å². The maximum atomic E-state index is 5.36. The fourth-order valence-corrected chi connectivity index (χ4v) is 3.17. The van der Waals surface area contributed by atoms with Crippen LogP contribution in [0.25, 0.3) is 0 Å². The third-order valence-electron chi connectivity index (χ3n) is 4.85. The maximum absolute atomic E-state index is 5.36. The molecule has 0 aromatic heterocycles. The minimum Gasteiger partial charge on any atom is -0.380 e. The molecule has 2 rings (SSSR count). The van der Waals surface area contributed by atoms with Gasteiger partial charge in [0, 0.05) is 52.4 Å². The lowest BCUT2D eigenvalue weighted by Gasteiger charge is -2.34. The summed E-state index contributed by atoms with van der Waals surface area (Å²) >= 11 is 0. The molecule has 1 aromatic carbocycles. The Morgan fingerprint density at radius 3 is 2.21 bits per heavy atom. The number of benzene rings is 1. The highest BCUT2D eigenvalue weighted by Gasteiger charge is 2.15. The van der Waals surface area contributed by atoms with Crippen LogP contribution in [-0.4, -0.2) is 74.8 Å². The number of nitrogens with zero attached hydrogens (tertiary/aromatic N) is 3. The van der Waals surface area contributed by atoms with Crippen molar-refractivity contribution in [2.45, 2.75) is 33.9 Å². The first-order chi connectivity index (χ1) is 13.2. The highest BCUT2D eigenvalue weighted by atomic mass is 127. The topological polar surface area (TPSA) is 52.1 Å². The van der Waals surface area contributed by atoms with E-state index in [4.69, 9.17) is 4.74 Å². The van der Waals surface area contributed by atoms with Gasteiger partial charge in [0.15, 0.2) is 5.96 Å². The minimum absolute atomic E-state index is 0. The van der Waals surface area contributed by atoms with Gasteiger partial charge in [-0.1, -0.05) is 31.2 Å². The average Bonchev–Trinajstić information content (AvgIpc) is 2.71. The van der Waals surface area contributed by atoms with Crippen molar-refractivity contribution in [1.29, 1.82) is 0 Å². The molecule has 1 fully saturated rings. The molecule has 1 aliphatic heterocycles. The summed E-state index contributed by atoms with van der Waals surface area (Å²) in [7, 11) is 0. The number of aliphatic imine (C=N–C) groups is 1. The third-order valence-corrected chi connectivity index (χ3v) is 4.85. The maximum Gasteiger partial charge on any atom is 0.191 e. The Morgan fingerprint density at radius 2 is 1.61 bits per heavy atom. The summed E-state index contributed by atoms with van der Waals surface area (Å²) in [6.07, 6.45) is 0. The van der Waals surface area contributed by atoms with Gasteiger partial charge in [0.1, 0.15) is 0 Å². The van der Waals surface area contributed by atoms with Crippen molar-refractivity contribution in [1.82, 2.24) is 20.4 Å². The van der Waals surface area contributed by atoms with E-state index in [0.29, 0.717) is 13.2 Å². The molecule has 2 N–H and O–H groups in total. The molecule has 0 atom stereocenters. The molecule has 0 spiro atoms. The zero-order chi connectivity index (χ0) is 19.3. The SMILES string of the molecule is CCNC(=NCc1ccc(CN2CCN(CC)CC2)cc1)NCCOCC.I. The Labute approximate surface area is 188 Å². The van der Waals surface area contributed by atoms with Gasteiger partial charge in [-0.3, -0.25) is 4.90 Å². The van der Waals surface area contributed by atoms with E-state index in [9.17, 15) is 0 Å². The monoisotopic (exact) mass is 503 g/mol. The number of piperazine rings is 1. The van der Waals surface area contributed by atoms with Gasteiger partial charge < -0.3 is 20.3 Å². The Balaban J connectivity index is 0.00000392. The van der Waals surface area contributed by atoms with E-state index in [2.05, 4.69) is 63.5 Å². The molecule has 0 aliphatic carbocycles. The fraction of sp³-hybridized carbons (Fsp3) is 0.667. The Bertz CT molecular complexity index is 544. The number of nitrogens with one attached hydrogen (secondary N) is 2. The van der Waals surface area contributed by atoms with Gasteiger partial charge in [-0.05, 0) is 31.5 Å². The summed E-state index contributed by atoms with van der Waals surface area (Å²) in [5, 5.41) is 6.58. The smallest absolute Gasteiger partial charge is 0.191 e. The molecule has 160 valence electrons. The average molecular weight is 503 g/mol. The van der Waals surface area contributed by atoms with Crippen molar-refractivity contribution in [3.05, 3.63) is 35.4 Å². The van der Waals surface area contributed by atoms with Crippen LogP contribution in [0, 0.1) is 0 Å². The first kappa shape index (κ1) is 25.1. The van der Waals surface area contributed by atoms with Crippen LogP contribution in [0.3, 0.4) is 0 Å². The number of hydrogen-bond donors (Lipinski definition) is 2. The van der Waals surface area contributed by atoms with Crippen molar-refractivity contribution in [2.24, 2.45) is 4.99 Å². The molecule has 1 saturated heterocycles. The predicted molar refractivity (Wildman–Crippen MR) is 129 cm³/mol. The second-order valence-electron chi connectivity index (χ2n) is 6.85. The van der Waals surface area contributed by atoms with Crippen molar-refractivity contribution >= 4 is 29.9 Å². The van der Waals surface area contributed by atoms with E-state index in [1.807, 2.05) is 6.92 Å². The van der Waals surface area contributed by atoms with Crippen LogP contribution in [0.1, 0.15) is 31.9 Å². The lowest BCUT2D eigenvalue weighted by molar-refractivity contribution is 0.132. The minimum atomic E-state index is 0. The van der Waals surface area contributed by atoms with Crippen LogP contribution in [-0.2, 0) is 17.8 Å². The first-order valence-corrected chi connectivity index (χ1v) is 10.4. The number of halogens is 1. The van der Waals surface area contributed by atoms with Crippen molar-refractivity contribution in [3.63, 3.8) is 0 Å². The Hall–Kier alpha value is -0.900. The molecule has 0 radical (unpaired) electrons. The van der Waals surface area contributed by atoms with Gasteiger partial charge >= 0.3 is 0 Å². The van der Waals surface area contributed by atoms with Gasteiger partial charge in [-0.15, -0.1) is 24.0 Å². The highest BCUT2D eigenvalue weighted by molar-refractivity contribution is 14.0. The molecule has 0 bridgehead atoms. The lowest BCUT2D eigenvalue weighted by Crippen LogP contribution is -2.45. The van der Waals surface area contributed by atoms with Gasteiger partial charge in [-0.2, -0.15) is 0 Å². The number of rotatable bonds is 10. The van der Waals surface area contributed by atoms with Crippen LogP contribution < -0.4 is 10.6 Å². The third kappa shape index (κ3) is 9.54. The van der Waals surface area contributed by atoms with Gasteiger partial charge in [0.25, 0.3) is 0 Å². The second kappa shape index (κ2) is 15.0. The normalized spacial score (nSPS) is 15.9. The molecular weight excluding hydrogens is 465 g/mol. The van der Waals surface area contributed by atoms with E-state index >= 15 is 0 Å². The standard InChI is InChI=1S/C21H37N5O.HI/c1-4-22-21(23-11-16-27-6-3)24-17-19-7-9-20(10-8-19)18-26-14-12-25(5-2)13-15-26;/h7-10H,4-6,11-18H2,1-3H3,(H2,22,23,24);1H. The number of guanidine groups is 1. The molecule has 0 unspecified atom stereocenters. The summed E-state index contributed by atoms with van der Waals surface area (Å²) in [6, 6.07) is 8.88. The summed E-state index contributed by atoms with van der Waals surface area (Å²) < 4.78 is 5.36. The van der Waals surface area contributed by atoms with Gasteiger partial charge in [0.2, 0.25) is 0 Å². The van der Waals surface area contributed by atoms with Gasteiger partial charge in [-0.25, -0.2) is 4.99 Å². The van der Waals surface area contributed by atoms with Crippen molar-refractivity contribution < 1.29 is 4.74 Å². The summed E-state index contributed by atoms with van der Waals surface area (Å²) in [5.41, 5.74) is 2.62. The zero-order valence-corrected chi connectivity index (χ0v) is 20.1. The first-order valence-electron chi connectivity index (χ1n) is 10.4.